The lowest BCUT2D eigenvalue weighted by Gasteiger charge is -2.11. The van der Waals surface area contributed by atoms with E-state index in [1.807, 2.05) is 0 Å². The highest BCUT2D eigenvalue weighted by Crippen LogP contribution is 2.23. The molecule has 2 heteroatoms. The van der Waals surface area contributed by atoms with Crippen molar-refractivity contribution >= 4 is 0 Å². The maximum atomic E-state index is 5.50. The molecule has 0 saturated carbocycles. The Balaban J connectivity index is 2.95. The monoisotopic (exact) mass is 193 g/mol. The lowest BCUT2D eigenvalue weighted by atomic mass is 10.0. The van der Waals surface area contributed by atoms with Crippen LogP contribution in [0.1, 0.15) is 23.1 Å². The molecule has 0 radical (unpaired) electrons. The van der Waals surface area contributed by atoms with Crippen molar-refractivity contribution in [3.05, 3.63) is 28.8 Å². The molecule has 78 valence electrons. The number of nitrogens with two attached hydrogens (primary N) is 1. The summed E-state index contributed by atoms with van der Waals surface area (Å²) < 4.78 is 5.34. The molecule has 0 spiro atoms. The topological polar surface area (TPSA) is 35.2 Å². The van der Waals surface area contributed by atoms with Crippen LogP contribution in [-0.4, -0.2) is 13.7 Å². The third-order valence-electron chi connectivity index (χ3n) is 2.55. The SMILES string of the molecule is COc1cc(C)c(C)cc1CCCN. The summed E-state index contributed by atoms with van der Waals surface area (Å²) in [6, 6.07) is 4.30. The Morgan fingerprint density at radius 1 is 1.21 bits per heavy atom. The van der Waals surface area contributed by atoms with Crippen LogP contribution < -0.4 is 10.5 Å². The van der Waals surface area contributed by atoms with Crippen LogP contribution in [0.25, 0.3) is 0 Å². The van der Waals surface area contributed by atoms with E-state index < -0.39 is 0 Å². The summed E-state index contributed by atoms with van der Waals surface area (Å²) in [4.78, 5) is 0. The first kappa shape index (κ1) is 11.1. The van der Waals surface area contributed by atoms with Crippen LogP contribution >= 0.6 is 0 Å². The minimum atomic E-state index is 0.732. The highest BCUT2D eigenvalue weighted by molar-refractivity contribution is 5.41. The second kappa shape index (κ2) is 5.01. The molecule has 1 aromatic carbocycles. The first-order chi connectivity index (χ1) is 6.69. The van der Waals surface area contributed by atoms with E-state index in [1.165, 1.54) is 16.7 Å². The Morgan fingerprint density at radius 2 is 1.86 bits per heavy atom. The van der Waals surface area contributed by atoms with Gasteiger partial charge in [0.25, 0.3) is 0 Å². The number of rotatable bonds is 4. The fourth-order valence-electron chi connectivity index (χ4n) is 1.53. The number of ether oxygens (including phenoxy) is 1. The van der Waals surface area contributed by atoms with Crippen LogP contribution in [-0.2, 0) is 6.42 Å². The van der Waals surface area contributed by atoms with Crippen molar-refractivity contribution in [2.75, 3.05) is 13.7 Å². The van der Waals surface area contributed by atoms with E-state index >= 15 is 0 Å². The lowest BCUT2D eigenvalue weighted by molar-refractivity contribution is 0.408. The van der Waals surface area contributed by atoms with E-state index in [0.29, 0.717) is 0 Å². The molecule has 0 aliphatic rings. The first-order valence-electron chi connectivity index (χ1n) is 5.03. The van der Waals surface area contributed by atoms with Crippen LogP contribution in [0.15, 0.2) is 12.1 Å². The smallest absolute Gasteiger partial charge is 0.122 e. The zero-order chi connectivity index (χ0) is 10.6. The van der Waals surface area contributed by atoms with Gasteiger partial charge in [-0.1, -0.05) is 6.07 Å². The fourth-order valence-corrected chi connectivity index (χ4v) is 1.53. The van der Waals surface area contributed by atoms with Gasteiger partial charge in [-0.2, -0.15) is 0 Å². The summed E-state index contributed by atoms with van der Waals surface area (Å²) in [6.45, 7) is 4.96. The van der Waals surface area contributed by atoms with Gasteiger partial charge in [0.15, 0.2) is 0 Å². The summed E-state index contributed by atoms with van der Waals surface area (Å²) in [5, 5.41) is 0. The zero-order valence-corrected chi connectivity index (χ0v) is 9.26. The fraction of sp³-hybridized carbons (Fsp3) is 0.500. The number of methoxy groups -OCH3 is 1. The molecule has 1 rings (SSSR count). The molecule has 0 aliphatic carbocycles. The van der Waals surface area contributed by atoms with Gasteiger partial charge in [-0.25, -0.2) is 0 Å². The number of aryl methyl sites for hydroxylation is 3. The Kier molecular flexibility index (Phi) is 3.96. The molecule has 0 heterocycles. The van der Waals surface area contributed by atoms with Crippen molar-refractivity contribution in [1.82, 2.24) is 0 Å². The average molecular weight is 193 g/mol. The predicted molar refractivity (Wildman–Crippen MR) is 59.8 cm³/mol. The molecular formula is C12H19NO. The molecule has 0 amide bonds. The van der Waals surface area contributed by atoms with Gasteiger partial charge >= 0.3 is 0 Å². The van der Waals surface area contributed by atoms with E-state index in [9.17, 15) is 0 Å². The van der Waals surface area contributed by atoms with E-state index in [4.69, 9.17) is 10.5 Å². The van der Waals surface area contributed by atoms with Gasteiger partial charge < -0.3 is 10.5 Å². The van der Waals surface area contributed by atoms with Crippen LogP contribution in [0.4, 0.5) is 0 Å². The maximum Gasteiger partial charge on any atom is 0.122 e. The summed E-state index contributed by atoms with van der Waals surface area (Å²) in [6.07, 6.45) is 2.01. The lowest BCUT2D eigenvalue weighted by Crippen LogP contribution is -2.02. The average Bonchev–Trinajstić information content (AvgIpc) is 2.19. The van der Waals surface area contributed by atoms with Gasteiger partial charge in [0.05, 0.1) is 7.11 Å². The Hall–Kier alpha value is -1.02. The first-order valence-corrected chi connectivity index (χ1v) is 5.03. The molecular weight excluding hydrogens is 174 g/mol. The van der Waals surface area contributed by atoms with Gasteiger partial charge in [0.2, 0.25) is 0 Å². The largest absolute Gasteiger partial charge is 0.496 e. The molecule has 1 aromatic rings. The minimum absolute atomic E-state index is 0.732. The van der Waals surface area contributed by atoms with Crippen LogP contribution in [0.3, 0.4) is 0 Å². The van der Waals surface area contributed by atoms with Crippen molar-refractivity contribution < 1.29 is 4.74 Å². The molecule has 0 unspecified atom stereocenters. The van der Waals surface area contributed by atoms with E-state index in [-0.39, 0.29) is 0 Å². The molecule has 0 saturated heterocycles. The van der Waals surface area contributed by atoms with Crippen molar-refractivity contribution in [2.45, 2.75) is 26.7 Å². The molecule has 0 aliphatic heterocycles. The number of benzene rings is 1. The van der Waals surface area contributed by atoms with Crippen molar-refractivity contribution in [3.8, 4) is 5.75 Å². The van der Waals surface area contributed by atoms with Gasteiger partial charge in [0.1, 0.15) is 5.75 Å². The zero-order valence-electron chi connectivity index (χ0n) is 9.26. The molecule has 2 nitrogen and oxygen atoms in total. The number of hydrogen-bond donors (Lipinski definition) is 1. The maximum absolute atomic E-state index is 5.50. The second-order valence-electron chi connectivity index (χ2n) is 3.64. The van der Waals surface area contributed by atoms with Crippen LogP contribution in [0.2, 0.25) is 0 Å². The highest BCUT2D eigenvalue weighted by Gasteiger charge is 2.04. The standard InChI is InChI=1S/C12H19NO/c1-9-7-11(5-4-6-13)12(14-3)8-10(9)2/h7-8H,4-6,13H2,1-3H3. The Bertz CT molecular complexity index is 307. The van der Waals surface area contributed by atoms with Crippen LogP contribution in [0, 0.1) is 13.8 Å². The molecule has 0 aromatic heterocycles. The summed E-state index contributed by atoms with van der Waals surface area (Å²) in [5.74, 6) is 0.988. The van der Waals surface area contributed by atoms with E-state index in [2.05, 4.69) is 26.0 Å². The number of hydrogen-bond acceptors (Lipinski definition) is 2. The highest BCUT2D eigenvalue weighted by atomic mass is 16.5. The molecule has 0 fully saturated rings. The Morgan fingerprint density at radius 3 is 2.43 bits per heavy atom. The molecule has 2 N–H and O–H groups in total. The molecule has 14 heavy (non-hydrogen) atoms. The van der Waals surface area contributed by atoms with Crippen molar-refractivity contribution in [1.29, 1.82) is 0 Å². The third-order valence-corrected chi connectivity index (χ3v) is 2.55. The summed E-state index contributed by atoms with van der Waals surface area (Å²) in [5.41, 5.74) is 9.35. The second-order valence-corrected chi connectivity index (χ2v) is 3.64. The summed E-state index contributed by atoms with van der Waals surface area (Å²) in [7, 11) is 1.72. The van der Waals surface area contributed by atoms with Crippen molar-refractivity contribution in [3.63, 3.8) is 0 Å². The normalized spacial score (nSPS) is 10.3. The quantitative estimate of drug-likeness (QED) is 0.795. The molecule has 0 bridgehead atoms. The predicted octanol–water partition coefficient (Wildman–Crippen LogP) is 2.20. The van der Waals surface area contributed by atoms with Crippen molar-refractivity contribution in [2.24, 2.45) is 5.73 Å². The van der Waals surface area contributed by atoms with Gasteiger partial charge in [-0.15, -0.1) is 0 Å². The van der Waals surface area contributed by atoms with Gasteiger partial charge in [0, 0.05) is 0 Å². The van der Waals surface area contributed by atoms with E-state index in [0.717, 1.165) is 25.1 Å². The minimum Gasteiger partial charge on any atom is -0.496 e. The third kappa shape index (κ3) is 2.48. The summed E-state index contributed by atoms with van der Waals surface area (Å²) >= 11 is 0. The van der Waals surface area contributed by atoms with Gasteiger partial charge in [-0.3, -0.25) is 0 Å². The van der Waals surface area contributed by atoms with E-state index in [1.54, 1.807) is 7.11 Å². The Labute approximate surface area is 86.1 Å². The molecule has 0 atom stereocenters. The van der Waals surface area contributed by atoms with Gasteiger partial charge in [-0.05, 0) is 56.0 Å². The van der Waals surface area contributed by atoms with Crippen LogP contribution in [0.5, 0.6) is 5.75 Å².